The lowest BCUT2D eigenvalue weighted by Crippen LogP contribution is -2.29. The molecule has 0 unspecified atom stereocenters. The minimum absolute atomic E-state index is 0.117. The number of anilines is 1. The number of para-hydroxylation sites is 1. The molecule has 27 heavy (non-hydrogen) atoms. The predicted molar refractivity (Wildman–Crippen MR) is 113 cm³/mol. The molecule has 1 aromatic heterocycles. The third kappa shape index (κ3) is 4.27. The van der Waals surface area contributed by atoms with E-state index in [-0.39, 0.29) is 10.6 Å². The molecule has 5 heteroatoms. The first-order valence-corrected chi connectivity index (χ1v) is 9.92. The van der Waals surface area contributed by atoms with Crippen molar-refractivity contribution in [3.63, 3.8) is 0 Å². The number of amides is 1. The Labute approximate surface area is 166 Å². The van der Waals surface area contributed by atoms with Gasteiger partial charge in [0.2, 0.25) is 5.43 Å². The molecule has 0 fully saturated rings. The van der Waals surface area contributed by atoms with E-state index in [1.54, 1.807) is 0 Å². The summed E-state index contributed by atoms with van der Waals surface area (Å²) in [5, 5.41) is 3.11. The second-order valence-corrected chi connectivity index (χ2v) is 7.68. The van der Waals surface area contributed by atoms with E-state index in [2.05, 4.69) is 19.2 Å². The lowest BCUT2D eigenvalue weighted by molar-refractivity contribution is 0.102. The quantitative estimate of drug-likeness (QED) is 0.743. The number of aryl methyl sites for hydroxylation is 2. The van der Waals surface area contributed by atoms with Gasteiger partial charge in [0.1, 0.15) is 10.6 Å². The van der Waals surface area contributed by atoms with Crippen LogP contribution in [0.2, 0.25) is 5.02 Å². The molecule has 2 aromatic rings. The Bertz CT molecular complexity index is 891. The second kappa shape index (κ2) is 8.75. The third-order valence-electron chi connectivity index (χ3n) is 4.93. The van der Waals surface area contributed by atoms with Crippen molar-refractivity contribution < 1.29 is 4.79 Å². The van der Waals surface area contributed by atoms with E-state index in [4.69, 9.17) is 11.6 Å². The van der Waals surface area contributed by atoms with Crippen LogP contribution < -0.4 is 10.7 Å². The Balaban J connectivity index is 2.58. The summed E-state index contributed by atoms with van der Waals surface area (Å²) in [7, 11) is 0. The molecule has 0 radical (unpaired) electrons. The van der Waals surface area contributed by atoms with Gasteiger partial charge in [0, 0.05) is 23.6 Å². The van der Waals surface area contributed by atoms with Crippen LogP contribution in [0.15, 0.2) is 23.0 Å². The zero-order chi connectivity index (χ0) is 20.3. The third-order valence-corrected chi connectivity index (χ3v) is 5.37. The normalized spacial score (nSPS) is 11.1. The van der Waals surface area contributed by atoms with Crippen molar-refractivity contribution in [2.45, 2.75) is 60.9 Å². The fraction of sp³-hybridized carbons (Fsp3) is 0.455. The molecule has 0 bridgehead atoms. The Hall–Kier alpha value is -2.07. The highest BCUT2D eigenvalue weighted by atomic mass is 35.5. The van der Waals surface area contributed by atoms with E-state index in [9.17, 15) is 9.59 Å². The molecular formula is C22H29ClN2O2. The SMILES string of the molecule is CCc1cccc(CC)c1NC(=O)c1c(C)n(CC(C)C)c(C)c(Cl)c1=O. The van der Waals surface area contributed by atoms with E-state index in [0.29, 0.717) is 23.9 Å². The van der Waals surface area contributed by atoms with Crippen molar-refractivity contribution in [1.82, 2.24) is 4.57 Å². The van der Waals surface area contributed by atoms with Crippen LogP contribution in [0, 0.1) is 19.8 Å². The number of aromatic nitrogens is 1. The highest BCUT2D eigenvalue weighted by Gasteiger charge is 2.23. The molecule has 1 N–H and O–H groups in total. The van der Waals surface area contributed by atoms with Crippen LogP contribution in [-0.4, -0.2) is 10.5 Å². The lowest BCUT2D eigenvalue weighted by atomic mass is 10.0. The van der Waals surface area contributed by atoms with Crippen LogP contribution in [0.25, 0.3) is 0 Å². The molecule has 146 valence electrons. The molecule has 0 saturated carbocycles. The Morgan fingerprint density at radius 3 is 2.15 bits per heavy atom. The molecule has 1 aromatic carbocycles. The summed E-state index contributed by atoms with van der Waals surface area (Å²) in [6.45, 7) is 12.6. The summed E-state index contributed by atoms with van der Waals surface area (Å²) in [4.78, 5) is 25.9. The summed E-state index contributed by atoms with van der Waals surface area (Å²) in [5.74, 6) is -0.0307. The van der Waals surface area contributed by atoms with Gasteiger partial charge < -0.3 is 9.88 Å². The highest BCUT2D eigenvalue weighted by Crippen LogP contribution is 2.24. The van der Waals surface area contributed by atoms with Crippen LogP contribution in [0.4, 0.5) is 5.69 Å². The van der Waals surface area contributed by atoms with Gasteiger partial charge >= 0.3 is 0 Å². The summed E-state index contributed by atoms with van der Waals surface area (Å²) in [6.07, 6.45) is 1.60. The largest absolute Gasteiger partial charge is 0.346 e. The molecule has 0 aliphatic rings. The minimum Gasteiger partial charge on any atom is -0.346 e. The number of benzene rings is 1. The molecule has 0 aliphatic carbocycles. The molecule has 1 amide bonds. The molecular weight excluding hydrogens is 360 g/mol. The van der Waals surface area contributed by atoms with Crippen LogP contribution in [-0.2, 0) is 19.4 Å². The number of hydrogen-bond donors (Lipinski definition) is 1. The van der Waals surface area contributed by atoms with Crippen molar-refractivity contribution in [2.24, 2.45) is 5.92 Å². The van der Waals surface area contributed by atoms with E-state index < -0.39 is 11.3 Å². The lowest BCUT2D eigenvalue weighted by Gasteiger charge is -2.21. The molecule has 2 rings (SSSR count). The van der Waals surface area contributed by atoms with Gasteiger partial charge in [-0.3, -0.25) is 9.59 Å². The molecule has 0 spiro atoms. The first kappa shape index (κ1) is 21.2. The van der Waals surface area contributed by atoms with Gasteiger partial charge in [-0.2, -0.15) is 0 Å². The predicted octanol–water partition coefficient (Wildman–Crippen LogP) is 5.15. The molecule has 4 nitrogen and oxygen atoms in total. The van der Waals surface area contributed by atoms with Gasteiger partial charge in [-0.25, -0.2) is 0 Å². The maximum atomic E-state index is 13.1. The fourth-order valence-electron chi connectivity index (χ4n) is 3.43. The summed E-state index contributed by atoms with van der Waals surface area (Å²) < 4.78 is 1.97. The molecule has 1 heterocycles. The van der Waals surface area contributed by atoms with Crippen LogP contribution in [0.1, 0.15) is 60.6 Å². The molecule has 0 atom stereocenters. The van der Waals surface area contributed by atoms with E-state index in [1.807, 2.05) is 50.5 Å². The second-order valence-electron chi connectivity index (χ2n) is 7.31. The van der Waals surface area contributed by atoms with Crippen molar-refractivity contribution in [1.29, 1.82) is 0 Å². The van der Waals surface area contributed by atoms with Crippen molar-refractivity contribution in [3.8, 4) is 0 Å². The standard InChI is InChI=1S/C22H29ClN2O2/c1-7-16-10-9-11-17(8-2)20(16)24-22(27)18-14(5)25(12-13(3)4)15(6)19(23)21(18)26/h9-11,13H,7-8,12H2,1-6H3,(H,24,27). The fourth-order valence-corrected chi connectivity index (χ4v) is 3.63. The average molecular weight is 389 g/mol. The topological polar surface area (TPSA) is 51.1 Å². The number of nitrogens with one attached hydrogen (secondary N) is 1. The molecule has 0 saturated heterocycles. The Morgan fingerprint density at radius 2 is 1.67 bits per heavy atom. The maximum Gasteiger partial charge on any atom is 0.261 e. The van der Waals surface area contributed by atoms with E-state index in [0.717, 1.165) is 29.7 Å². The summed E-state index contributed by atoms with van der Waals surface area (Å²) in [5.41, 5.74) is 3.99. The first-order valence-electron chi connectivity index (χ1n) is 9.54. The van der Waals surface area contributed by atoms with Gasteiger partial charge in [0.05, 0.1) is 0 Å². The van der Waals surface area contributed by atoms with Crippen molar-refractivity contribution in [2.75, 3.05) is 5.32 Å². The number of nitrogens with zero attached hydrogens (tertiary/aromatic N) is 1. The number of rotatable bonds is 6. The van der Waals surface area contributed by atoms with Gasteiger partial charge in [-0.05, 0) is 43.7 Å². The summed E-state index contributed by atoms with van der Waals surface area (Å²) in [6, 6.07) is 6.00. The number of halogens is 1. The van der Waals surface area contributed by atoms with Crippen molar-refractivity contribution in [3.05, 3.63) is 61.5 Å². The Kier molecular flexibility index (Phi) is 6.88. The zero-order valence-corrected chi connectivity index (χ0v) is 17.8. The average Bonchev–Trinajstić information content (AvgIpc) is 2.63. The number of carbonyl (C=O) groups is 1. The van der Waals surface area contributed by atoms with Gasteiger partial charge in [-0.1, -0.05) is 57.5 Å². The van der Waals surface area contributed by atoms with Crippen molar-refractivity contribution >= 4 is 23.2 Å². The monoisotopic (exact) mass is 388 g/mol. The minimum atomic E-state index is -0.406. The zero-order valence-electron chi connectivity index (χ0n) is 17.1. The molecule has 0 aliphatic heterocycles. The van der Waals surface area contributed by atoms with Gasteiger partial charge in [0.15, 0.2) is 0 Å². The van der Waals surface area contributed by atoms with Gasteiger partial charge in [-0.15, -0.1) is 0 Å². The maximum absolute atomic E-state index is 13.1. The van der Waals surface area contributed by atoms with Crippen LogP contribution in [0.5, 0.6) is 0 Å². The smallest absolute Gasteiger partial charge is 0.261 e. The summed E-state index contributed by atoms with van der Waals surface area (Å²) >= 11 is 6.29. The Morgan fingerprint density at radius 1 is 1.11 bits per heavy atom. The van der Waals surface area contributed by atoms with Gasteiger partial charge in [0.25, 0.3) is 5.91 Å². The van der Waals surface area contributed by atoms with E-state index >= 15 is 0 Å². The van der Waals surface area contributed by atoms with Crippen LogP contribution >= 0.6 is 11.6 Å². The first-order chi connectivity index (χ1) is 12.7. The number of hydrogen-bond acceptors (Lipinski definition) is 2. The van der Waals surface area contributed by atoms with E-state index in [1.165, 1.54) is 0 Å². The van der Waals surface area contributed by atoms with Crippen LogP contribution in [0.3, 0.4) is 0 Å². The number of pyridine rings is 1. The highest BCUT2D eigenvalue weighted by molar-refractivity contribution is 6.31. The number of carbonyl (C=O) groups excluding carboxylic acids is 1.